The number of nitrogens with one attached hydrogen (secondary N) is 2. The molecule has 1 aliphatic heterocycles. The third-order valence-corrected chi connectivity index (χ3v) is 5.00. The van der Waals surface area contributed by atoms with E-state index in [9.17, 15) is 0 Å². The van der Waals surface area contributed by atoms with Crippen molar-refractivity contribution in [3.05, 3.63) is 0 Å². The van der Waals surface area contributed by atoms with Crippen LogP contribution in [0.4, 0.5) is 0 Å². The van der Waals surface area contributed by atoms with E-state index < -0.39 is 0 Å². The molecule has 1 atom stereocenters. The largest absolute Gasteiger partial charge is 0.379 e. The molecule has 0 aromatic carbocycles. The Morgan fingerprint density at radius 1 is 1.17 bits per heavy atom. The molecule has 2 N–H and O–H groups in total. The monoisotopic (exact) mass is 325 g/mol. The van der Waals surface area contributed by atoms with E-state index in [0.29, 0.717) is 6.10 Å². The summed E-state index contributed by atoms with van der Waals surface area (Å²) in [6.07, 6.45) is 9.10. The molecule has 2 rings (SSSR count). The molecule has 0 spiro atoms. The summed E-state index contributed by atoms with van der Waals surface area (Å²) in [6.45, 7) is 6.73. The highest BCUT2D eigenvalue weighted by atomic mass is 16.5. The number of rotatable bonds is 8. The lowest BCUT2D eigenvalue weighted by atomic mass is 9.83. The maximum absolute atomic E-state index is 5.67. The highest BCUT2D eigenvalue weighted by Gasteiger charge is 2.18. The van der Waals surface area contributed by atoms with E-state index >= 15 is 0 Å². The lowest BCUT2D eigenvalue weighted by Gasteiger charge is -2.26. The molecule has 0 amide bonds. The molecule has 0 aromatic rings. The Bertz CT molecular complexity index is 335. The van der Waals surface area contributed by atoms with Crippen molar-refractivity contribution in [2.75, 3.05) is 40.0 Å². The van der Waals surface area contributed by atoms with Crippen molar-refractivity contribution in [2.24, 2.45) is 16.8 Å². The van der Waals surface area contributed by atoms with Crippen molar-refractivity contribution in [1.29, 1.82) is 0 Å². The van der Waals surface area contributed by atoms with E-state index in [1.165, 1.54) is 32.1 Å². The van der Waals surface area contributed by atoms with Gasteiger partial charge in [0, 0.05) is 33.4 Å². The predicted molar refractivity (Wildman–Crippen MR) is 94.9 cm³/mol. The Morgan fingerprint density at radius 3 is 2.70 bits per heavy atom. The zero-order valence-electron chi connectivity index (χ0n) is 15.0. The lowest BCUT2D eigenvalue weighted by Crippen LogP contribution is -2.40. The van der Waals surface area contributed by atoms with Crippen LogP contribution in [0.5, 0.6) is 0 Å². The highest BCUT2D eigenvalue weighted by Crippen LogP contribution is 2.27. The molecule has 2 aliphatic rings. The van der Waals surface area contributed by atoms with Gasteiger partial charge in [0.2, 0.25) is 0 Å². The molecule has 0 bridgehead atoms. The van der Waals surface area contributed by atoms with Crippen molar-refractivity contribution in [2.45, 2.75) is 58.0 Å². The van der Waals surface area contributed by atoms with E-state index in [0.717, 1.165) is 63.5 Å². The van der Waals surface area contributed by atoms with Crippen LogP contribution in [-0.2, 0) is 9.47 Å². The number of hydrogen-bond acceptors (Lipinski definition) is 3. The summed E-state index contributed by atoms with van der Waals surface area (Å²) in [4.78, 5) is 4.30. The van der Waals surface area contributed by atoms with Gasteiger partial charge in [-0.1, -0.05) is 19.8 Å². The number of guanidine groups is 1. The Hall–Kier alpha value is -0.810. The van der Waals surface area contributed by atoms with Crippen LogP contribution >= 0.6 is 0 Å². The smallest absolute Gasteiger partial charge is 0.190 e. The second-order valence-electron chi connectivity index (χ2n) is 7.07. The van der Waals surface area contributed by atoms with Gasteiger partial charge in [0.25, 0.3) is 0 Å². The topological polar surface area (TPSA) is 54.9 Å². The molecule has 1 heterocycles. The van der Waals surface area contributed by atoms with Crippen molar-refractivity contribution in [3.8, 4) is 0 Å². The predicted octanol–water partition coefficient (Wildman–Crippen LogP) is 2.56. The molecule has 2 fully saturated rings. The van der Waals surface area contributed by atoms with Crippen molar-refractivity contribution in [1.82, 2.24) is 10.6 Å². The minimum absolute atomic E-state index is 0.329. The first-order valence-corrected chi connectivity index (χ1v) is 9.41. The molecule has 134 valence electrons. The Labute approximate surface area is 141 Å². The van der Waals surface area contributed by atoms with Gasteiger partial charge >= 0.3 is 0 Å². The molecule has 0 aromatic heterocycles. The quantitative estimate of drug-likeness (QED) is 0.409. The van der Waals surface area contributed by atoms with E-state index in [-0.39, 0.29) is 0 Å². The number of hydrogen-bond donors (Lipinski definition) is 2. The molecule has 5 heteroatoms. The third kappa shape index (κ3) is 7.53. The van der Waals surface area contributed by atoms with E-state index in [4.69, 9.17) is 9.47 Å². The number of ether oxygens (including phenoxy) is 2. The molecule has 1 unspecified atom stereocenters. The van der Waals surface area contributed by atoms with Gasteiger partial charge in [-0.25, -0.2) is 0 Å². The fourth-order valence-corrected chi connectivity index (χ4v) is 3.37. The van der Waals surface area contributed by atoms with Crippen molar-refractivity contribution < 1.29 is 9.47 Å². The van der Waals surface area contributed by atoms with Gasteiger partial charge in [-0.05, 0) is 43.9 Å². The number of nitrogens with zero attached hydrogens (tertiary/aromatic N) is 1. The van der Waals surface area contributed by atoms with E-state index in [1.54, 1.807) is 0 Å². The second-order valence-corrected chi connectivity index (χ2v) is 7.07. The van der Waals surface area contributed by atoms with Crippen LogP contribution < -0.4 is 10.6 Å². The average molecular weight is 325 g/mol. The number of aliphatic imine (C=N–C) groups is 1. The van der Waals surface area contributed by atoms with E-state index in [2.05, 4.69) is 22.5 Å². The molecular formula is C18H35N3O2. The van der Waals surface area contributed by atoms with E-state index in [1.807, 2.05) is 7.05 Å². The van der Waals surface area contributed by atoms with Crippen LogP contribution in [0.3, 0.4) is 0 Å². The first-order valence-electron chi connectivity index (χ1n) is 9.41. The van der Waals surface area contributed by atoms with Gasteiger partial charge in [-0.3, -0.25) is 4.99 Å². The SMILES string of the molecule is CN=C(NCCCOCC1CCCO1)NCC1CCC(C)CC1. The summed E-state index contributed by atoms with van der Waals surface area (Å²) in [5.41, 5.74) is 0. The van der Waals surface area contributed by atoms with Gasteiger partial charge in [-0.15, -0.1) is 0 Å². The maximum atomic E-state index is 5.67. The summed E-state index contributed by atoms with van der Waals surface area (Å²) in [5, 5.41) is 6.84. The van der Waals surface area contributed by atoms with Crippen LogP contribution in [0, 0.1) is 11.8 Å². The molecule has 1 aliphatic carbocycles. The lowest BCUT2D eigenvalue weighted by molar-refractivity contribution is 0.0168. The van der Waals surface area contributed by atoms with Gasteiger partial charge in [0.1, 0.15) is 0 Å². The van der Waals surface area contributed by atoms with Crippen LogP contribution in [0.2, 0.25) is 0 Å². The summed E-state index contributed by atoms with van der Waals surface area (Å²) in [5.74, 6) is 2.64. The maximum Gasteiger partial charge on any atom is 0.190 e. The minimum Gasteiger partial charge on any atom is -0.379 e. The first kappa shape index (κ1) is 18.5. The standard InChI is InChI=1S/C18H35N3O2/c1-15-6-8-16(9-7-15)13-21-18(19-2)20-10-4-11-22-14-17-5-3-12-23-17/h15-17H,3-14H2,1-2H3,(H2,19,20,21). The molecule has 1 saturated carbocycles. The fourth-order valence-electron chi connectivity index (χ4n) is 3.37. The zero-order valence-corrected chi connectivity index (χ0v) is 15.0. The Kier molecular flexibility index (Phi) is 8.76. The van der Waals surface area contributed by atoms with Gasteiger partial charge in [0.05, 0.1) is 12.7 Å². The normalized spacial score (nSPS) is 28.8. The highest BCUT2D eigenvalue weighted by molar-refractivity contribution is 5.79. The molecular weight excluding hydrogens is 290 g/mol. The first-order chi connectivity index (χ1) is 11.3. The van der Waals surface area contributed by atoms with Gasteiger partial charge < -0.3 is 20.1 Å². The van der Waals surface area contributed by atoms with Crippen LogP contribution in [0.1, 0.15) is 51.9 Å². The van der Waals surface area contributed by atoms with Gasteiger partial charge in [-0.2, -0.15) is 0 Å². The van der Waals surface area contributed by atoms with Crippen LogP contribution in [0.25, 0.3) is 0 Å². The molecule has 1 saturated heterocycles. The average Bonchev–Trinajstić information content (AvgIpc) is 3.08. The summed E-state index contributed by atoms with van der Waals surface area (Å²) in [6, 6.07) is 0. The van der Waals surface area contributed by atoms with Gasteiger partial charge in [0.15, 0.2) is 5.96 Å². The second kappa shape index (κ2) is 10.9. The summed E-state index contributed by atoms with van der Waals surface area (Å²) < 4.78 is 11.2. The summed E-state index contributed by atoms with van der Waals surface area (Å²) >= 11 is 0. The minimum atomic E-state index is 0.329. The molecule has 0 radical (unpaired) electrons. The molecule has 23 heavy (non-hydrogen) atoms. The Balaban J connectivity index is 1.46. The molecule has 5 nitrogen and oxygen atoms in total. The zero-order chi connectivity index (χ0) is 16.3. The fraction of sp³-hybridized carbons (Fsp3) is 0.944. The van der Waals surface area contributed by atoms with Crippen LogP contribution in [0.15, 0.2) is 4.99 Å². The summed E-state index contributed by atoms with van der Waals surface area (Å²) in [7, 11) is 1.84. The Morgan fingerprint density at radius 2 is 2.00 bits per heavy atom. The van der Waals surface area contributed by atoms with Crippen molar-refractivity contribution >= 4 is 5.96 Å². The third-order valence-electron chi connectivity index (χ3n) is 5.00. The van der Waals surface area contributed by atoms with Crippen LogP contribution in [-0.4, -0.2) is 52.0 Å². The van der Waals surface area contributed by atoms with Crippen molar-refractivity contribution in [3.63, 3.8) is 0 Å².